The first kappa shape index (κ1) is 18.1. The number of nitrogens with zero attached hydrogens (tertiary/aromatic N) is 2. The van der Waals surface area contributed by atoms with Crippen molar-refractivity contribution in [3.05, 3.63) is 67.1 Å². The van der Waals surface area contributed by atoms with Gasteiger partial charge in [-0.1, -0.05) is 24.3 Å². The van der Waals surface area contributed by atoms with Crippen LogP contribution >= 0.6 is 0 Å². The third-order valence-electron chi connectivity index (χ3n) is 4.39. The molecule has 1 aromatic heterocycles. The van der Waals surface area contributed by atoms with E-state index in [-0.39, 0.29) is 6.10 Å². The van der Waals surface area contributed by atoms with Crippen LogP contribution in [0.3, 0.4) is 0 Å². The molecule has 0 radical (unpaired) electrons. The van der Waals surface area contributed by atoms with Gasteiger partial charge >= 0.3 is 0 Å². The quantitative estimate of drug-likeness (QED) is 0.470. The number of guanidine groups is 1. The van der Waals surface area contributed by atoms with Gasteiger partial charge in [-0.15, -0.1) is 6.58 Å². The smallest absolute Gasteiger partial charge is 0.194 e. The number of hydrogen-bond acceptors (Lipinski definition) is 3. The highest BCUT2D eigenvalue weighted by atomic mass is 16.5. The average Bonchev–Trinajstić information content (AvgIpc) is 3.20. The summed E-state index contributed by atoms with van der Waals surface area (Å²) < 4.78 is 11.5. The van der Waals surface area contributed by atoms with E-state index in [1.807, 2.05) is 48.5 Å². The molecule has 2 heterocycles. The maximum absolute atomic E-state index is 6.08. The number of furan rings is 1. The van der Waals surface area contributed by atoms with Crippen molar-refractivity contribution in [2.75, 3.05) is 26.2 Å². The Morgan fingerprint density at radius 3 is 2.73 bits per heavy atom. The van der Waals surface area contributed by atoms with Crippen molar-refractivity contribution >= 4 is 5.96 Å². The molecule has 5 heteroatoms. The largest absolute Gasteiger partial charge is 0.490 e. The second-order valence-corrected chi connectivity index (χ2v) is 6.32. The Kier molecular flexibility index (Phi) is 6.76. The second-order valence-electron chi connectivity index (χ2n) is 6.32. The molecule has 1 aliphatic heterocycles. The van der Waals surface area contributed by atoms with Crippen LogP contribution in [0, 0.1) is 0 Å². The minimum absolute atomic E-state index is 0.262. The van der Waals surface area contributed by atoms with E-state index in [2.05, 4.69) is 16.8 Å². The molecule has 2 aromatic rings. The molecule has 0 amide bonds. The van der Waals surface area contributed by atoms with Crippen LogP contribution < -0.4 is 10.1 Å². The van der Waals surface area contributed by atoms with E-state index in [0.29, 0.717) is 13.1 Å². The Morgan fingerprint density at radius 1 is 1.23 bits per heavy atom. The van der Waals surface area contributed by atoms with Gasteiger partial charge in [0.1, 0.15) is 17.6 Å². The molecule has 1 aliphatic rings. The number of ether oxygens (including phenoxy) is 1. The van der Waals surface area contributed by atoms with Crippen LogP contribution in [0.5, 0.6) is 5.75 Å². The number of hydrogen-bond donors (Lipinski definition) is 1. The van der Waals surface area contributed by atoms with Crippen molar-refractivity contribution in [2.24, 2.45) is 4.99 Å². The van der Waals surface area contributed by atoms with Gasteiger partial charge in [-0.05, 0) is 24.3 Å². The molecule has 0 bridgehead atoms. The summed E-state index contributed by atoms with van der Waals surface area (Å²) in [5, 5.41) is 3.37. The van der Waals surface area contributed by atoms with Crippen molar-refractivity contribution < 1.29 is 9.15 Å². The fraction of sp³-hybridized carbons (Fsp3) is 0.381. The molecule has 1 N–H and O–H groups in total. The van der Waals surface area contributed by atoms with Crippen LogP contribution in [0.25, 0.3) is 0 Å². The van der Waals surface area contributed by atoms with Gasteiger partial charge in [0, 0.05) is 45.4 Å². The van der Waals surface area contributed by atoms with E-state index in [9.17, 15) is 0 Å². The monoisotopic (exact) mass is 353 g/mol. The lowest BCUT2D eigenvalue weighted by atomic mass is 10.1. The molecular weight excluding hydrogens is 326 g/mol. The molecule has 0 unspecified atom stereocenters. The molecule has 0 saturated carbocycles. The molecule has 0 spiro atoms. The van der Waals surface area contributed by atoms with Gasteiger partial charge in [-0.3, -0.25) is 4.99 Å². The molecule has 138 valence electrons. The van der Waals surface area contributed by atoms with Crippen molar-refractivity contribution in [2.45, 2.75) is 25.4 Å². The Balaban J connectivity index is 1.51. The molecular formula is C21H27N3O2. The minimum atomic E-state index is 0.262. The topological polar surface area (TPSA) is 50.0 Å². The Labute approximate surface area is 155 Å². The van der Waals surface area contributed by atoms with Crippen LogP contribution in [-0.4, -0.2) is 43.1 Å². The third kappa shape index (κ3) is 5.41. The number of aliphatic imine (C=N–C) groups is 1. The maximum atomic E-state index is 6.08. The summed E-state index contributed by atoms with van der Waals surface area (Å²) in [7, 11) is 0. The molecule has 5 nitrogen and oxygen atoms in total. The van der Waals surface area contributed by atoms with Gasteiger partial charge in [0.05, 0.1) is 6.26 Å². The summed E-state index contributed by atoms with van der Waals surface area (Å²) >= 11 is 0. The van der Waals surface area contributed by atoms with Gasteiger partial charge in [0.15, 0.2) is 5.96 Å². The summed E-state index contributed by atoms with van der Waals surface area (Å²) in [4.78, 5) is 7.05. The Bertz CT molecular complexity index is 675. The number of rotatable bonds is 7. The van der Waals surface area contributed by atoms with Crippen molar-refractivity contribution in [3.63, 3.8) is 0 Å². The normalized spacial score (nSPS) is 15.7. The summed E-state index contributed by atoms with van der Waals surface area (Å²) in [5.41, 5.74) is 0. The predicted octanol–water partition coefficient (Wildman–Crippen LogP) is 3.50. The van der Waals surface area contributed by atoms with Crippen molar-refractivity contribution in [1.29, 1.82) is 0 Å². The molecule has 3 rings (SSSR count). The number of benzene rings is 1. The number of para-hydroxylation sites is 1. The molecule has 1 saturated heterocycles. The van der Waals surface area contributed by atoms with Gasteiger partial charge in [-0.2, -0.15) is 0 Å². The van der Waals surface area contributed by atoms with Gasteiger partial charge < -0.3 is 19.4 Å². The lowest BCUT2D eigenvalue weighted by Gasteiger charge is -2.34. The van der Waals surface area contributed by atoms with Gasteiger partial charge in [-0.25, -0.2) is 0 Å². The van der Waals surface area contributed by atoms with Crippen LogP contribution in [0.2, 0.25) is 0 Å². The fourth-order valence-electron chi connectivity index (χ4n) is 3.03. The SMILES string of the molecule is C=CCNC(=NCCc1ccco1)N1CCC(Oc2ccccc2)CC1. The minimum Gasteiger partial charge on any atom is -0.490 e. The average molecular weight is 353 g/mol. The van der Waals surface area contributed by atoms with E-state index >= 15 is 0 Å². The first-order chi connectivity index (χ1) is 12.8. The molecule has 0 aliphatic carbocycles. The van der Waals surface area contributed by atoms with Crippen molar-refractivity contribution in [3.8, 4) is 5.75 Å². The van der Waals surface area contributed by atoms with Crippen LogP contribution in [0.15, 0.2) is 70.8 Å². The van der Waals surface area contributed by atoms with E-state index in [1.54, 1.807) is 6.26 Å². The zero-order valence-corrected chi connectivity index (χ0v) is 15.1. The Morgan fingerprint density at radius 2 is 2.04 bits per heavy atom. The first-order valence-corrected chi connectivity index (χ1v) is 9.23. The maximum Gasteiger partial charge on any atom is 0.194 e. The first-order valence-electron chi connectivity index (χ1n) is 9.23. The van der Waals surface area contributed by atoms with Crippen LogP contribution in [0.4, 0.5) is 0 Å². The van der Waals surface area contributed by atoms with E-state index in [0.717, 1.165) is 49.8 Å². The summed E-state index contributed by atoms with van der Waals surface area (Å²) in [6, 6.07) is 13.9. The van der Waals surface area contributed by atoms with E-state index in [1.165, 1.54) is 0 Å². The lowest BCUT2D eigenvalue weighted by Crippen LogP contribution is -2.47. The molecule has 1 aromatic carbocycles. The number of likely N-dealkylation sites (tertiary alicyclic amines) is 1. The summed E-state index contributed by atoms with van der Waals surface area (Å²) in [6.45, 7) is 7.06. The highest BCUT2D eigenvalue weighted by molar-refractivity contribution is 5.80. The highest BCUT2D eigenvalue weighted by Crippen LogP contribution is 2.18. The number of piperidine rings is 1. The van der Waals surface area contributed by atoms with E-state index in [4.69, 9.17) is 14.1 Å². The molecule has 26 heavy (non-hydrogen) atoms. The zero-order chi connectivity index (χ0) is 18.0. The molecule has 1 fully saturated rings. The summed E-state index contributed by atoms with van der Waals surface area (Å²) in [5.74, 6) is 2.85. The lowest BCUT2D eigenvalue weighted by molar-refractivity contribution is 0.129. The third-order valence-corrected chi connectivity index (χ3v) is 4.39. The summed E-state index contributed by atoms with van der Waals surface area (Å²) in [6.07, 6.45) is 6.60. The van der Waals surface area contributed by atoms with Crippen LogP contribution in [0.1, 0.15) is 18.6 Å². The number of nitrogens with one attached hydrogen (secondary N) is 1. The predicted molar refractivity (Wildman–Crippen MR) is 105 cm³/mol. The Hall–Kier alpha value is -2.69. The standard InChI is InChI=1S/C21H27N3O2/c1-2-13-22-21(23-14-10-18-9-6-17-25-18)24-15-11-20(12-16-24)26-19-7-4-3-5-8-19/h2-9,17,20H,1,10-16H2,(H,22,23). The second kappa shape index (κ2) is 9.70. The zero-order valence-electron chi connectivity index (χ0n) is 15.1. The van der Waals surface area contributed by atoms with Gasteiger partial charge in [0.25, 0.3) is 0 Å². The fourth-order valence-corrected chi connectivity index (χ4v) is 3.03. The van der Waals surface area contributed by atoms with Crippen LogP contribution in [-0.2, 0) is 6.42 Å². The van der Waals surface area contributed by atoms with E-state index < -0.39 is 0 Å². The highest BCUT2D eigenvalue weighted by Gasteiger charge is 2.22. The molecule has 0 atom stereocenters. The van der Waals surface area contributed by atoms with Crippen molar-refractivity contribution in [1.82, 2.24) is 10.2 Å². The van der Waals surface area contributed by atoms with Gasteiger partial charge in [0.2, 0.25) is 0 Å².